The van der Waals surface area contributed by atoms with Crippen LogP contribution in [-0.2, 0) is 0 Å². The van der Waals surface area contributed by atoms with Crippen LogP contribution in [0.5, 0.6) is 0 Å². The van der Waals surface area contributed by atoms with Gasteiger partial charge in [-0.1, -0.05) is 413 Å². The second kappa shape index (κ2) is 31.6. The molecule has 21 aromatic carbocycles. The third-order valence-corrected chi connectivity index (χ3v) is 25.1. The van der Waals surface area contributed by atoms with Gasteiger partial charge in [0, 0.05) is 88.0 Å². The molecule has 0 N–H and O–H groups in total. The average Bonchev–Trinajstić information content (AvgIpc) is 0.744. The van der Waals surface area contributed by atoms with Crippen molar-refractivity contribution in [2.75, 3.05) is 0 Å². The molecule has 25 aromatic rings. The topological polar surface area (TPSA) is 103 Å². The molecule has 0 spiro atoms. The highest BCUT2D eigenvalue weighted by atomic mass is 15.0. The van der Waals surface area contributed by atoms with Crippen LogP contribution in [0, 0.1) is 0 Å². The first kappa shape index (κ1) is 74.6. The Balaban J connectivity index is 0.000000143. The Bertz CT molecular complexity index is 8570. The van der Waals surface area contributed by atoms with Crippen molar-refractivity contribution in [2.45, 2.75) is 0 Å². The summed E-state index contributed by atoms with van der Waals surface area (Å²) < 4.78 is 0. The van der Waals surface area contributed by atoms with Gasteiger partial charge in [-0.2, -0.15) is 0 Å². The Labute approximate surface area is 737 Å². The fraction of sp³-hybridized carbons (Fsp3) is 0. The molecule has 0 bridgehead atoms. The van der Waals surface area contributed by atoms with Crippen LogP contribution in [0.1, 0.15) is 0 Å². The Morgan fingerprint density at radius 1 is 0.117 bits per heavy atom. The summed E-state index contributed by atoms with van der Waals surface area (Å²) in [6.07, 6.45) is 0. The minimum Gasteiger partial charge on any atom is -0.246 e. The van der Waals surface area contributed by atoms with E-state index >= 15 is 0 Å². The van der Waals surface area contributed by atoms with Crippen molar-refractivity contribution in [2.24, 2.45) is 0 Å². The fourth-order valence-corrected chi connectivity index (χ4v) is 18.7. The summed E-state index contributed by atoms with van der Waals surface area (Å²) in [7, 11) is 0. The van der Waals surface area contributed by atoms with E-state index in [9.17, 15) is 0 Å². The summed E-state index contributed by atoms with van der Waals surface area (Å²) in [4.78, 5) is 41.8. The summed E-state index contributed by atoms with van der Waals surface area (Å²) in [6, 6.07) is 159. The second-order valence-electron chi connectivity index (χ2n) is 32.8. The van der Waals surface area contributed by atoms with E-state index < -0.39 is 0 Å². The molecule has 4 heterocycles. The van der Waals surface area contributed by atoms with Gasteiger partial charge in [0.2, 0.25) is 0 Å². The molecule has 0 aliphatic carbocycles. The van der Waals surface area contributed by atoms with E-state index in [0.29, 0.717) is 34.9 Å². The lowest BCUT2D eigenvalue weighted by atomic mass is 9.91. The molecule has 0 amide bonds. The monoisotopic (exact) mass is 1630 g/mol. The standard InChI is InChI=1S/C62H38N4.C58H36N4/c1-3-16-45-37-49(32-28-39(45)12-1)61-64-60(65-62(66-61)50-33-29-40-13-2-4-17-46(40)38-50)48-20-9-19-47(36-48)41-26-30-44(31-27-41)58-56-35-34-43-15-6-8-22-52(43)57(56)55-25-11-24-54(59(55)63-58)53-23-10-18-42-14-5-7-21-51(42)53;1-2-14-40(15-3-1)50-22-11-23-51-53-49-21-9-8-16-41(49)32-33-52(53)54(59-55(50)51)42-28-24-39(25-29-42)45-19-10-20-46(34-45)56-60-57(47-30-26-37-12-4-6-17-43(37)35-47)62-58(61-56)48-31-27-38-13-5-7-18-44(38)36-48/h1-38H;1-36H. The Kier molecular flexibility index (Phi) is 18.4. The highest BCUT2D eigenvalue weighted by Crippen LogP contribution is 2.45. The molecule has 0 aliphatic heterocycles. The summed E-state index contributed by atoms with van der Waals surface area (Å²) in [5, 5.41) is 23.6. The predicted molar refractivity (Wildman–Crippen MR) is 533 cm³/mol. The van der Waals surface area contributed by atoms with Gasteiger partial charge in [-0.05, 0) is 145 Å². The molecule has 25 rings (SSSR count). The van der Waals surface area contributed by atoms with Gasteiger partial charge in [0.05, 0.1) is 22.4 Å². The van der Waals surface area contributed by atoms with Crippen LogP contribution in [-0.4, -0.2) is 39.9 Å². The Morgan fingerprint density at radius 3 is 0.781 bits per heavy atom. The minimum atomic E-state index is 0.621. The molecule has 0 fully saturated rings. The van der Waals surface area contributed by atoms with E-state index in [1.807, 2.05) is 0 Å². The second-order valence-corrected chi connectivity index (χ2v) is 32.8. The van der Waals surface area contributed by atoms with Crippen LogP contribution < -0.4 is 0 Å². The number of para-hydroxylation sites is 2. The molecule has 8 heteroatoms. The summed E-state index contributed by atoms with van der Waals surface area (Å²) >= 11 is 0. The van der Waals surface area contributed by atoms with Gasteiger partial charge in [0.1, 0.15) is 0 Å². The minimum absolute atomic E-state index is 0.621. The first-order valence-electron chi connectivity index (χ1n) is 43.3. The molecule has 0 radical (unpaired) electrons. The van der Waals surface area contributed by atoms with E-state index in [4.69, 9.17) is 39.9 Å². The zero-order valence-electron chi connectivity index (χ0n) is 69.3. The smallest absolute Gasteiger partial charge is 0.164 e. The lowest BCUT2D eigenvalue weighted by molar-refractivity contribution is 1.07. The highest BCUT2D eigenvalue weighted by Gasteiger charge is 2.23. The van der Waals surface area contributed by atoms with Crippen LogP contribution in [0.3, 0.4) is 0 Å². The zero-order valence-corrected chi connectivity index (χ0v) is 69.3. The van der Waals surface area contributed by atoms with E-state index in [1.165, 1.54) is 70.2 Å². The van der Waals surface area contributed by atoms with Crippen molar-refractivity contribution < 1.29 is 0 Å². The number of rotatable bonds is 12. The number of nitrogens with zero attached hydrogens (tertiary/aromatic N) is 8. The first-order valence-corrected chi connectivity index (χ1v) is 43.3. The summed E-state index contributed by atoms with van der Waals surface area (Å²) in [5.41, 5.74) is 20.5. The number of aromatic nitrogens is 8. The lowest BCUT2D eigenvalue weighted by Crippen LogP contribution is -2.00. The molecule has 0 atom stereocenters. The molecule has 0 unspecified atom stereocenters. The third kappa shape index (κ3) is 13.7. The molecule has 8 nitrogen and oxygen atoms in total. The normalized spacial score (nSPS) is 11.6. The summed E-state index contributed by atoms with van der Waals surface area (Å²) in [6.45, 7) is 0. The van der Waals surface area contributed by atoms with E-state index in [1.54, 1.807) is 0 Å². The van der Waals surface area contributed by atoms with Gasteiger partial charge >= 0.3 is 0 Å². The molecule has 0 saturated carbocycles. The lowest BCUT2D eigenvalue weighted by Gasteiger charge is -2.16. The molecule has 0 saturated heterocycles. The number of pyridine rings is 2. The van der Waals surface area contributed by atoms with E-state index in [2.05, 4.69) is 449 Å². The molecule has 594 valence electrons. The molecule has 128 heavy (non-hydrogen) atoms. The fourth-order valence-electron chi connectivity index (χ4n) is 18.7. The van der Waals surface area contributed by atoms with Gasteiger partial charge < -0.3 is 0 Å². The maximum absolute atomic E-state index is 5.60. The average molecular weight is 1630 g/mol. The molecular weight excluding hydrogens is 1550 g/mol. The molecular formula is C120H74N8. The van der Waals surface area contributed by atoms with Crippen molar-refractivity contribution in [1.82, 2.24) is 39.9 Å². The predicted octanol–water partition coefficient (Wildman–Crippen LogP) is 31.2. The number of benzene rings is 21. The Hall–Kier alpha value is -17.2. The van der Waals surface area contributed by atoms with Gasteiger partial charge in [-0.15, -0.1) is 0 Å². The molecule has 0 aliphatic rings. The van der Waals surface area contributed by atoms with Crippen LogP contribution in [0.2, 0.25) is 0 Å². The van der Waals surface area contributed by atoms with Crippen LogP contribution in [0.4, 0.5) is 0 Å². The zero-order chi connectivity index (χ0) is 84.5. The molecule has 4 aromatic heterocycles. The first-order chi connectivity index (χ1) is 63.4. The number of fused-ring (bicyclic) bond motifs is 15. The van der Waals surface area contributed by atoms with Crippen LogP contribution >= 0.6 is 0 Å². The van der Waals surface area contributed by atoms with Crippen molar-refractivity contribution in [3.05, 3.63) is 449 Å². The third-order valence-electron chi connectivity index (χ3n) is 25.1. The number of hydrogen-bond donors (Lipinski definition) is 0. The quantitative estimate of drug-likeness (QED) is 0.111. The summed E-state index contributed by atoms with van der Waals surface area (Å²) in [5.74, 6) is 3.79. The van der Waals surface area contributed by atoms with Gasteiger partial charge in [0.15, 0.2) is 34.9 Å². The van der Waals surface area contributed by atoms with Gasteiger partial charge in [-0.25, -0.2) is 39.9 Å². The van der Waals surface area contributed by atoms with Gasteiger partial charge in [-0.3, -0.25) is 0 Å². The van der Waals surface area contributed by atoms with E-state index in [-0.39, 0.29) is 0 Å². The Morgan fingerprint density at radius 2 is 0.375 bits per heavy atom. The van der Waals surface area contributed by atoms with Crippen LogP contribution in [0.15, 0.2) is 449 Å². The number of hydrogen-bond acceptors (Lipinski definition) is 8. The van der Waals surface area contributed by atoms with Crippen molar-refractivity contribution in [3.8, 4) is 135 Å². The highest BCUT2D eigenvalue weighted by molar-refractivity contribution is 6.26. The van der Waals surface area contributed by atoms with Crippen molar-refractivity contribution in [1.29, 1.82) is 0 Å². The van der Waals surface area contributed by atoms with Gasteiger partial charge in [0.25, 0.3) is 0 Å². The maximum Gasteiger partial charge on any atom is 0.164 e. The van der Waals surface area contributed by atoms with Crippen molar-refractivity contribution in [3.63, 3.8) is 0 Å². The SMILES string of the molecule is c1cc(-c2ccc(-c3nc4c(-c5cccc6ccccc56)cccc4c4c3ccc3ccccc34)cc2)cc(-c2nc(-c3ccc4ccccc4c3)nc(-c3ccc4ccccc4c3)n2)c1.c1ccc(-c2cccc3c2nc(-c2ccc(-c4cccc(-c5nc(-c6ccc7ccccc7c6)nc(-c6ccc7ccccc7c6)n5)c4)cc2)c2ccc4ccccc4c23)cc1. The largest absolute Gasteiger partial charge is 0.246 e. The van der Waals surface area contributed by atoms with Crippen LogP contribution in [0.25, 0.3) is 254 Å². The van der Waals surface area contributed by atoms with Crippen molar-refractivity contribution >= 4 is 119 Å². The van der Waals surface area contributed by atoms with E-state index in [0.717, 1.165) is 149 Å². The maximum atomic E-state index is 5.60.